The van der Waals surface area contributed by atoms with Gasteiger partial charge in [0, 0.05) is 17.7 Å². The Morgan fingerprint density at radius 2 is 1.67 bits per heavy atom. The quantitative estimate of drug-likeness (QED) is 0.804. The van der Waals surface area contributed by atoms with Gasteiger partial charge in [0.15, 0.2) is 5.65 Å². The van der Waals surface area contributed by atoms with Crippen molar-refractivity contribution in [2.75, 3.05) is 0 Å². The molecule has 0 bridgehead atoms. The van der Waals surface area contributed by atoms with Gasteiger partial charge in [0.1, 0.15) is 17.7 Å². The van der Waals surface area contributed by atoms with Gasteiger partial charge in [-0.1, -0.05) is 32.0 Å². The highest BCUT2D eigenvalue weighted by atomic mass is 19.1. The maximum absolute atomic E-state index is 13.0. The first-order valence-corrected chi connectivity index (χ1v) is 6.84. The number of benzene rings is 1. The van der Waals surface area contributed by atoms with E-state index < -0.39 is 6.10 Å². The van der Waals surface area contributed by atoms with E-state index in [-0.39, 0.29) is 11.7 Å². The lowest BCUT2D eigenvalue weighted by Crippen LogP contribution is -2.03. The molecule has 2 heterocycles. The second-order valence-electron chi connectivity index (χ2n) is 5.36. The molecule has 0 saturated carbocycles. The van der Waals surface area contributed by atoms with E-state index in [0.29, 0.717) is 5.56 Å². The van der Waals surface area contributed by atoms with Crippen LogP contribution in [0.15, 0.2) is 42.6 Å². The molecule has 0 aliphatic rings. The van der Waals surface area contributed by atoms with Crippen LogP contribution in [0.5, 0.6) is 0 Å². The molecule has 0 radical (unpaired) electrons. The Morgan fingerprint density at radius 1 is 1.00 bits per heavy atom. The summed E-state index contributed by atoms with van der Waals surface area (Å²) in [6.45, 7) is 4.08. The normalized spacial score (nSPS) is 13.0. The molecule has 1 atom stereocenters. The van der Waals surface area contributed by atoms with E-state index in [1.54, 1.807) is 12.1 Å². The van der Waals surface area contributed by atoms with Crippen LogP contribution in [-0.2, 0) is 0 Å². The number of hydrogen-bond donors (Lipinski definition) is 1. The second-order valence-corrected chi connectivity index (χ2v) is 5.36. The summed E-state index contributed by atoms with van der Waals surface area (Å²) in [6.07, 6.45) is 1.02. The predicted molar refractivity (Wildman–Crippen MR) is 77.5 cm³/mol. The third-order valence-electron chi connectivity index (χ3n) is 3.47. The van der Waals surface area contributed by atoms with E-state index in [9.17, 15) is 9.50 Å². The fourth-order valence-corrected chi connectivity index (χ4v) is 2.32. The Kier molecular flexibility index (Phi) is 3.43. The Labute approximate surface area is 121 Å². The third-order valence-corrected chi connectivity index (χ3v) is 3.47. The Hall–Kier alpha value is -2.27. The zero-order valence-corrected chi connectivity index (χ0v) is 11.9. The molecular weight excluding hydrogens is 269 g/mol. The first-order chi connectivity index (χ1) is 10.1. The Bertz CT molecular complexity index is 765. The lowest BCUT2D eigenvalue weighted by Gasteiger charge is -2.12. The minimum absolute atomic E-state index is 0.234. The van der Waals surface area contributed by atoms with Crippen molar-refractivity contribution in [3.8, 4) is 0 Å². The van der Waals surface area contributed by atoms with Crippen LogP contribution in [0.2, 0.25) is 0 Å². The van der Waals surface area contributed by atoms with Gasteiger partial charge >= 0.3 is 0 Å². The first kappa shape index (κ1) is 13.7. The summed E-state index contributed by atoms with van der Waals surface area (Å²) < 4.78 is 14.8. The third kappa shape index (κ3) is 2.52. The summed E-state index contributed by atoms with van der Waals surface area (Å²) >= 11 is 0. The Morgan fingerprint density at radius 3 is 2.33 bits per heavy atom. The van der Waals surface area contributed by atoms with Crippen LogP contribution in [0.25, 0.3) is 5.65 Å². The van der Waals surface area contributed by atoms with Gasteiger partial charge in [0.25, 0.3) is 0 Å². The molecule has 0 aliphatic heterocycles. The van der Waals surface area contributed by atoms with Gasteiger partial charge < -0.3 is 5.11 Å². The van der Waals surface area contributed by atoms with Crippen molar-refractivity contribution >= 4 is 5.65 Å². The summed E-state index contributed by atoms with van der Waals surface area (Å²) in [5.41, 5.74) is 2.11. The number of hydrogen-bond acceptors (Lipinski definition) is 3. The molecule has 1 aromatic carbocycles. The van der Waals surface area contributed by atoms with Crippen molar-refractivity contribution in [1.29, 1.82) is 0 Å². The van der Waals surface area contributed by atoms with E-state index in [1.807, 2.05) is 36.6 Å². The van der Waals surface area contributed by atoms with E-state index in [1.165, 1.54) is 12.1 Å². The van der Waals surface area contributed by atoms with Crippen molar-refractivity contribution in [1.82, 2.24) is 14.6 Å². The molecule has 3 aromatic rings. The summed E-state index contributed by atoms with van der Waals surface area (Å²) in [6, 6.07) is 9.48. The van der Waals surface area contributed by atoms with Crippen LogP contribution < -0.4 is 0 Å². The van der Waals surface area contributed by atoms with Gasteiger partial charge in [-0.3, -0.25) is 4.40 Å². The molecule has 108 valence electrons. The van der Waals surface area contributed by atoms with Crippen LogP contribution in [0.3, 0.4) is 0 Å². The van der Waals surface area contributed by atoms with Gasteiger partial charge in [0.05, 0.1) is 0 Å². The average molecular weight is 285 g/mol. The van der Waals surface area contributed by atoms with Gasteiger partial charge in [-0.25, -0.2) is 4.39 Å². The van der Waals surface area contributed by atoms with Crippen LogP contribution in [0.1, 0.15) is 42.8 Å². The monoisotopic (exact) mass is 285 g/mol. The zero-order chi connectivity index (χ0) is 15.0. The van der Waals surface area contributed by atoms with Gasteiger partial charge in [-0.2, -0.15) is 0 Å². The number of fused-ring (bicyclic) bond motifs is 1. The van der Waals surface area contributed by atoms with Gasteiger partial charge in [-0.15, -0.1) is 10.2 Å². The predicted octanol–water partition coefficient (Wildman–Crippen LogP) is 3.07. The lowest BCUT2D eigenvalue weighted by molar-refractivity contribution is 0.219. The molecule has 2 aromatic heterocycles. The number of aliphatic hydroxyl groups excluding tert-OH is 1. The summed E-state index contributed by atoms with van der Waals surface area (Å²) in [5.74, 6) is 0.763. The minimum Gasteiger partial charge on any atom is -0.384 e. The van der Waals surface area contributed by atoms with Gasteiger partial charge in [-0.05, 0) is 23.8 Å². The van der Waals surface area contributed by atoms with E-state index in [4.69, 9.17) is 0 Å². The molecule has 0 spiro atoms. The number of halogens is 1. The highest BCUT2D eigenvalue weighted by Gasteiger charge is 2.14. The van der Waals surface area contributed by atoms with Crippen LogP contribution >= 0.6 is 0 Å². The average Bonchev–Trinajstić information content (AvgIpc) is 2.90. The molecule has 1 unspecified atom stereocenters. The van der Waals surface area contributed by atoms with Crippen LogP contribution in [0, 0.1) is 5.82 Å². The maximum atomic E-state index is 13.0. The fraction of sp³-hybridized carbons (Fsp3) is 0.250. The minimum atomic E-state index is -0.808. The molecule has 0 aliphatic carbocycles. The van der Waals surface area contributed by atoms with Crippen LogP contribution in [-0.4, -0.2) is 19.7 Å². The summed E-state index contributed by atoms with van der Waals surface area (Å²) in [4.78, 5) is 0. The van der Waals surface area contributed by atoms with Crippen molar-refractivity contribution in [2.24, 2.45) is 0 Å². The number of nitrogens with zero attached hydrogens (tertiary/aromatic N) is 3. The fourth-order valence-electron chi connectivity index (χ4n) is 2.32. The smallest absolute Gasteiger partial charge is 0.160 e. The van der Waals surface area contributed by atoms with Gasteiger partial charge in [0.2, 0.25) is 0 Å². The molecule has 0 amide bonds. The van der Waals surface area contributed by atoms with Crippen molar-refractivity contribution in [2.45, 2.75) is 25.9 Å². The van der Waals surface area contributed by atoms with Crippen LogP contribution in [0.4, 0.5) is 4.39 Å². The number of aliphatic hydroxyl groups is 1. The van der Waals surface area contributed by atoms with Crippen molar-refractivity contribution in [3.05, 3.63) is 65.4 Å². The molecule has 1 N–H and O–H groups in total. The molecule has 0 fully saturated rings. The topological polar surface area (TPSA) is 50.4 Å². The molecule has 0 saturated heterocycles. The number of pyridine rings is 1. The lowest BCUT2D eigenvalue weighted by atomic mass is 10.0. The SMILES string of the molecule is CC(C)c1nnc2ccc(C(O)c3ccc(F)cc3)cn12. The number of rotatable bonds is 3. The van der Waals surface area contributed by atoms with E-state index >= 15 is 0 Å². The van der Waals surface area contributed by atoms with Crippen molar-refractivity contribution < 1.29 is 9.50 Å². The molecular formula is C16H16FN3O. The first-order valence-electron chi connectivity index (χ1n) is 6.84. The second kappa shape index (κ2) is 5.26. The van der Waals surface area contributed by atoms with E-state index in [0.717, 1.165) is 17.0 Å². The van der Waals surface area contributed by atoms with E-state index in [2.05, 4.69) is 10.2 Å². The standard InChI is InChI=1S/C16H16FN3O/c1-10(2)16-19-18-14-8-5-12(9-20(14)16)15(21)11-3-6-13(17)7-4-11/h3-10,15,21H,1-2H3. The Balaban J connectivity index is 2.03. The highest BCUT2D eigenvalue weighted by Crippen LogP contribution is 2.23. The maximum Gasteiger partial charge on any atom is 0.160 e. The summed E-state index contributed by atoms with van der Waals surface area (Å²) in [5, 5.41) is 18.7. The van der Waals surface area contributed by atoms with Crippen molar-refractivity contribution in [3.63, 3.8) is 0 Å². The molecule has 4 nitrogen and oxygen atoms in total. The molecule has 21 heavy (non-hydrogen) atoms. The largest absolute Gasteiger partial charge is 0.384 e. The molecule has 5 heteroatoms. The number of aromatic nitrogens is 3. The summed E-state index contributed by atoms with van der Waals surface area (Å²) in [7, 11) is 0. The molecule has 3 rings (SSSR count). The highest BCUT2D eigenvalue weighted by molar-refractivity contribution is 5.42. The zero-order valence-electron chi connectivity index (χ0n) is 11.9.